The number of nitrogens with zero attached hydrogens (tertiary/aromatic N) is 1. The van der Waals surface area contributed by atoms with Crippen LogP contribution < -0.4 is 0 Å². The molecule has 1 saturated heterocycles. The maximum Gasteiger partial charge on any atom is 0.246 e. The molecular formula is C8H11NO4. The quantitative estimate of drug-likeness (QED) is 0.402. The Bertz CT molecular complexity index is 265. The molecule has 0 aliphatic carbocycles. The summed E-state index contributed by atoms with van der Waals surface area (Å²) in [6.07, 6.45) is -0.298. The Morgan fingerprint density at radius 3 is 2.69 bits per heavy atom. The van der Waals surface area contributed by atoms with Gasteiger partial charge in [-0.15, -0.1) is 0 Å². The summed E-state index contributed by atoms with van der Waals surface area (Å²) in [6.45, 7) is 0.0894. The van der Waals surface area contributed by atoms with Gasteiger partial charge in [0, 0.05) is 6.08 Å². The third kappa shape index (κ3) is 1.16. The number of aliphatic hydroxyl groups excluding tert-OH is 3. The van der Waals surface area contributed by atoms with Crippen molar-refractivity contribution < 1.29 is 20.1 Å². The van der Waals surface area contributed by atoms with E-state index >= 15 is 0 Å². The number of aliphatic hydroxyl groups is 3. The molecule has 13 heavy (non-hydrogen) atoms. The van der Waals surface area contributed by atoms with Gasteiger partial charge in [0.2, 0.25) is 5.91 Å². The van der Waals surface area contributed by atoms with Crippen molar-refractivity contribution in [1.29, 1.82) is 0 Å². The van der Waals surface area contributed by atoms with E-state index in [4.69, 9.17) is 0 Å². The lowest BCUT2D eigenvalue weighted by atomic mass is 10.0. The van der Waals surface area contributed by atoms with Crippen LogP contribution in [0.4, 0.5) is 0 Å². The van der Waals surface area contributed by atoms with Gasteiger partial charge in [0.05, 0.1) is 24.8 Å². The van der Waals surface area contributed by atoms with Crippen molar-refractivity contribution in [3.8, 4) is 0 Å². The van der Waals surface area contributed by atoms with Gasteiger partial charge >= 0.3 is 0 Å². The molecule has 2 aliphatic rings. The number of carbonyl (C=O) groups excluding carboxylic acids is 1. The van der Waals surface area contributed by atoms with Crippen molar-refractivity contribution >= 4 is 5.91 Å². The second-order valence-corrected chi connectivity index (χ2v) is 3.39. The van der Waals surface area contributed by atoms with Crippen molar-refractivity contribution in [3.63, 3.8) is 0 Å². The van der Waals surface area contributed by atoms with E-state index in [0.29, 0.717) is 0 Å². The highest BCUT2D eigenvalue weighted by Gasteiger charge is 2.46. The fourth-order valence-electron chi connectivity index (χ4n) is 1.86. The number of hydrogen-bond donors (Lipinski definition) is 3. The molecule has 3 N–H and O–H groups in total. The van der Waals surface area contributed by atoms with Crippen LogP contribution in [0.15, 0.2) is 12.2 Å². The topological polar surface area (TPSA) is 81.0 Å². The monoisotopic (exact) mass is 185 g/mol. The van der Waals surface area contributed by atoms with E-state index in [2.05, 4.69) is 0 Å². The first-order valence-electron chi connectivity index (χ1n) is 4.14. The third-order valence-corrected chi connectivity index (χ3v) is 2.56. The van der Waals surface area contributed by atoms with Gasteiger partial charge in [-0.05, 0) is 6.08 Å². The fraction of sp³-hybridized carbons (Fsp3) is 0.625. The Balaban J connectivity index is 2.29. The van der Waals surface area contributed by atoms with Gasteiger partial charge in [0.25, 0.3) is 0 Å². The van der Waals surface area contributed by atoms with Crippen LogP contribution in [0.5, 0.6) is 0 Å². The molecule has 0 spiro atoms. The minimum absolute atomic E-state index is 0.0894. The van der Waals surface area contributed by atoms with Gasteiger partial charge in [-0.25, -0.2) is 0 Å². The molecule has 4 atom stereocenters. The van der Waals surface area contributed by atoms with Crippen LogP contribution in [0.3, 0.4) is 0 Å². The fourth-order valence-corrected chi connectivity index (χ4v) is 1.86. The summed E-state index contributed by atoms with van der Waals surface area (Å²) in [5.41, 5.74) is 0. The van der Waals surface area contributed by atoms with E-state index in [1.165, 1.54) is 17.1 Å². The second-order valence-electron chi connectivity index (χ2n) is 3.39. The summed E-state index contributed by atoms with van der Waals surface area (Å²) >= 11 is 0. The second kappa shape index (κ2) is 2.80. The molecule has 2 rings (SSSR count). The van der Waals surface area contributed by atoms with E-state index < -0.39 is 24.4 Å². The Kier molecular flexibility index (Phi) is 1.87. The van der Waals surface area contributed by atoms with Crippen LogP contribution in [0.2, 0.25) is 0 Å². The van der Waals surface area contributed by atoms with Crippen molar-refractivity contribution in [2.24, 2.45) is 0 Å². The predicted octanol–water partition coefficient (Wildman–Crippen LogP) is -2.15. The molecule has 72 valence electrons. The molecular weight excluding hydrogens is 174 g/mol. The zero-order chi connectivity index (χ0) is 9.59. The normalized spacial score (nSPS) is 43.9. The lowest BCUT2D eigenvalue weighted by Crippen LogP contribution is -2.49. The van der Waals surface area contributed by atoms with Crippen molar-refractivity contribution in [2.45, 2.75) is 24.4 Å². The molecule has 4 unspecified atom stereocenters. The smallest absolute Gasteiger partial charge is 0.246 e. The average molecular weight is 185 g/mol. The number of hydrogen-bond acceptors (Lipinski definition) is 4. The van der Waals surface area contributed by atoms with E-state index in [1.807, 2.05) is 0 Å². The predicted molar refractivity (Wildman–Crippen MR) is 42.7 cm³/mol. The van der Waals surface area contributed by atoms with Crippen LogP contribution in [0, 0.1) is 0 Å². The van der Waals surface area contributed by atoms with Crippen molar-refractivity contribution in [1.82, 2.24) is 4.90 Å². The molecule has 0 aromatic heterocycles. The molecule has 5 nitrogen and oxygen atoms in total. The third-order valence-electron chi connectivity index (χ3n) is 2.56. The summed E-state index contributed by atoms with van der Waals surface area (Å²) in [5, 5.41) is 28.2. The molecule has 1 fully saturated rings. The summed E-state index contributed by atoms with van der Waals surface area (Å²) in [4.78, 5) is 12.5. The zero-order valence-electron chi connectivity index (χ0n) is 6.87. The number of carbonyl (C=O) groups is 1. The molecule has 1 amide bonds. The molecule has 0 bridgehead atoms. The maximum absolute atomic E-state index is 11.2. The SMILES string of the molecule is O=C1C=CC(O)C2C(O)C(O)CN12. The van der Waals surface area contributed by atoms with Crippen LogP contribution in [0.25, 0.3) is 0 Å². The maximum atomic E-state index is 11.2. The molecule has 2 aliphatic heterocycles. The minimum Gasteiger partial charge on any atom is -0.388 e. The van der Waals surface area contributed by atoms with Crippen LogP contribution in [-0.4, -0.2) is 57.0 Å². The minimum atomic E-state index is -1.05. The Hall–Kier alpha value is -0.910. The average Bonchev–Trinajstić information content (AvgIpc) is 2.38. The van der Waals surface area contributed by atoms with Gasteiger partial charge in [-0.3, -0.25) is 4.79 Å². The van der Waals surface area contributed by atoms with Gasteiger partial charge < -0.3 is 20.2 Å². The Morgan fingerprint density at radius 1 is 1.38 bits per heavy atom. The highest BCUT2D eigenvalue weighted by atomic mass is 16.3. The zero-order valence-corrected chi connectivity index (χ0v) is 6.87. The molecule has 0 saturated carbocycles. The van der Waals surface area contributed by atoms with E-state index in [-0.39, 0.29) is 12.5 Å². The van der Waals surface area contributed by atoms with Gasteiger partial charge in [-0.2, -0.15) is 0 Å². The summed E-state index contributed by atoms with van der Waals surface area (Å²) in [6, 6.07) is -0.688. The first-order chi connectivity index (χ1) is 6.11. The van der Waals surface area contributed by atoms with Crippen LogP contribution in [0.1, 0.15) is 0 Å². The van der Waals surface area contributed by atoms with Crippen LogP contribution in [-0.2, 0) is 4.79 Å². The van der Waals surface area contributed by atoms with E-state index in [9.17, 15) is 20.1 Å². The summed E-state index contributed by atoms with van der Waals surface area (Å²) in [5.74, 6) is -0.272. The number of rotatable bonds is 0. The summed E-state index contributed by atoms with van der Waals surface area (Å²) in [7, 11) is 0. The van der Waals surface area contributed by atoms with Gasteiger partial charge in [0.15, 0.2) is 0 Å². The van der Waals surface area contributed by atoms with E-state index in [1.54, 1.807) is 0 Å². The van der Waals surface area contributed by atoms with Crippen molar-refractivity contribution in [2.75, 3.05) is 6.54 Å². The standard InChI is InChI=1S/C8H11NO4/c10-4-1-2-6(12)9-3-5(11)8(13)7(4)9/h1-2,4-5,7-8,10-11,13H,3H2. The van der Waals surface area contributed by atoms with Gasteiger partial charge in [0.1, 0.15) is 6.10 Å². The van der Waals surface area contributed by atoms with Crippen LogP contribution >= 0.6 is 0 Å². The Morgan fingerprint density at radius 2 is 2.08 bits per heavy atom. The summed E-state index contributed by atoms with van der Waals surface area (Å²) < 4.78 is 0. The molecule has 5 heteroatoms. The lowest BCUT2D eigenvalue weighted by Gasteiger charge is -2.30. The highest BCUT2D eigenvalue weighted by molar-refractivity contribution is 5.89. The first-order valence-corrected chi connectivity index (χ1v) is 4.14. The van der Waals surface area contributed by atoms with E-state index in [0.717, 1.165) is 0 Å². The van der Waals surface area contributed by atoms with Gasteiger partial charge in [-0.1, -0.05) is 0 Å². The Labute approximate surface area is 74.9 Å². The number of amides is 1. The molecule has 0 aromatic rings. The molecule has 0 aromatic carbocycles. The van der Waals surface area contributed by atoms with Crippen molar-refractivity contribution in [3.05, 3.63) is 12.2 Å². The molecule has 0 radical (unpaired) electrons. The lowest BCUT2D eigenvalue weighted by molar-refractivity contribution is -0.131. The molecule has 2 heterocycles. The largest absolute Gasteiger partial charge is 0.388 e. The first kappa shape index (κ1) is 8.68. The number of fused-ring (bicyclic) bond motifs is 1. The highest BCUT2D eigenvalue weighted by Crippen LogP contribution is 2.25.